The van der Waals surface area contributed by atoms with Crippen molar-refractivity contribution < 1.29 is 10.2 Å². The predicted octanol–water partition coefficient (Wildman–Crippen LogP) is 6.73. The summed E-state index contributed by atoms with van der Waals surface area (Å²) in [6.07, 6.45) is 16.9. The van der Waals surface area contributed by atoms with Gasteiger partial charge in [0.15, 0.2) is 0 Å². The van der Waals surface area contributed by atoms with Crippen molar-refractivity contribution in [1.29, 1.82) is 0 Å². The Morgan fingerprint density at radius 1 is 1.21 bits per heavy atom. The number of rotatable bonds is 6. The number of fused-ring (bicyclic) bond motifs is 1. The van der Waals surface area contributed by atoms with Crippen molar-refractivity contribution >= 4 is 0 Å². The van der Waals surface area contributed by atoms with Gasteiger partial charge in [0.2, 0.25) is 0 Å². The van der Waals surface area contributed by atoms with Crippen LogP contribution >= 0.6 is 0 Å². The first-order chi connectivity index (χ1) is 13.6. The zero-order valence-corrected chi connectivity index (χ0v) is 19.3. The summed E-state index contributed by atoms with van der Waals surface area (Å²) in [7, 11) is 0. The molecule has 0 aromatic carbocycles. The van der Waals surface area contributed by atoms with Crippen molar-refractivity contribution in [1.82, 2.24) is 0 Å². The van der Waals surface area contributed by atoms with Gasteiger partial charge in [-0.25, -0.2) is 0 Å². The summed E-state index contributed by atoms with van der Waals surface area (Å²) in [4.78, 5) is 0. The van der Waals surface area contributed by atoms with Gasteiger partial charge in [0, 0.05) is 0 Å². The van der Waals surface area contributed by atoms with E-state index in [1.165, 1.54) is 49.7 Å². The number of aliphatic hydroxyl groups is 2. The molecule has 0 saturated heterocycles. The first kappa shape index (κ1) is 22.8. The molecule has 2 heteroatoms. The normalized spacial score (nSPS) is 37.2. The molecule has 2 N–H and O–H groups in total. The van der Waals surface area contributed by atoms with Gasteiger partial charge in [-0.2, -0.15) is 0 Å². The molecule has 3 aliphatic carbocycles. The molecule has 0 spiro atoms. The molecule has 5 atom stereocenters. The van der Waals surface area contributed by atoms with Crippen molar-refractivity contribution in [3.63, 3.8) is 0 Å². The van der Waals surface area contributed by atoms with E-state index in [0.29, 0.717) is 5.41 Å². The van der Waals surface area contributed by atoms with E-state index in [9.17, 15) is 10.2 Å². The summed E-state index contributed by atoms with van der Waals surface area (Å²) < 4.78 is 0. The first-order valence-corrected chi connectivity index (χ1v) is 12.1. The number of aliphatic hydroxyl groups excluding tert-OH is 1. The predicted molar refractivity (Wildman–Crippen MR) is 123 cm³/mol. The molecule has 3 saturated carbocycles. The quantitative estimate of drug-likeness (QED) is 0.518. The van der Waals surface area contributed by atoms with Crippen LogP contribution in [0.5, 0.6) is 0 Å². The lowest BCUT2D eigenvalue weighted by molar-refractivity contribution is 0.0596. The second kappa shape index (κ2) is 9.10. The van der Waals surface area contributed by atoms with Gasteiger partial charge in [-0.3, -0.25) is 0 Å². The molecule has 0 unspecified atom stereocenters. The fourth-order valence-corrected chi connectivity index (χ4v) is 6.67. The molecule has 3 fully saturated rings. The third-order valence-corrected chi connectivity index (χ3v) is 8.36. The van der Waals surface area contributed by atoms with Crippen LogP contribution in [-0.2, 0) is 0 Å². The highest BCUT2D eigenvalue weighted by Gasteiger charge is 2.50. The van der Waals surface area contributed by atoms with E-state index in [2.05, 4.69) is 32.6 Å². The molecule has 0 aromatic rings. The van der Waals surface area contributed by atoms with Gasteiger partial charge in [0.05, 0.1) is 11.7 Å². The zero-order valence-electron chi connectivity index (χ0n) is 19.3. The van der Waals surface area contributed by atoms with Crippen LogP contribution in [0.4, 0.5) is 0 Å². The molecule has 2 nitrogen and oxygen atoms in total. The number of hydrogen-bond donors (Lipinski definition) is 2. The lowest BCUT2D eigenvalue weighted by atomic mass is 9.60. The monoisotopic (exact) mass is 400 g/mol. The number of hydrogen-bond acceptors (Lipinski definition) is 2. The van der Waals surface area contributed by atoms with Crippen LogP contribution in [0, 0.1) is 23.2 Å². The molecule has 0 aliphatic heterocycles. The topological polar surface area (TPSA) is 40.5 Å². The first-order valence-electron chi connectivity index (χ1n) is 12.1. The van der Waals surface area contributed by atoms with E-state index < -0.39 is 5.60 Å². The van der Waals surface area contributed by atoms with Crippen molar-refractivity contribution in [2.75, 3.05) is 0 Å². The summed E-state index contributed by atoms with van der Waals surface area (Å²) in [5.41, 5.74) is 4.02. The van der Waals surface area contributed by atoms with Crippen LogP contribution in [0.3, 0.4) is 0 Å². The minimum atomic E-state index is -0.535. The Labute approximate surface area is 179 Å². The molecular weight excluding hydrogens is 356 g/mol. The Kier molecular flexibility index (Phi) is 7.16. The summed E-state index contributed by atoms with van der Waals surface area (Å²) in [6, 6.07) is 0. The fraction of sp³-hybridized carbons (Fsp3) is 0.778. The average Bonchev–Trinajstić information content (AvgIpc) is 2.99. The molecule has 0 bridgehead atoms. The van der Waals surface area contributed by atoms with Crippen molar-refractivity contribution in [2.24, 2.45) is 23.2 Å². The highest BCUT2D eigenvalue weighted by Crippen LogP contribution is 2.60. The highest BCUT2D eigenvalue weighted by molar-refractivity contribution is 5.36. The van der Waals surface area contributed by atoms with E-state index in [1.54, 1.807) is 5.57 Å². The zero-order chi connectivity index (χ0) is 21.2. The lowest BCUT2D eigenvalue weighted by Crippen LogP contribution is -2.36. The van der Waals surface area contributed by atoms with E-state index in [0.717, 1.165) is 49.9 Å². The molecule has 0 amide bonds. The maximum absolute atomic E-state index is 10.0. The van der Waals surface area contributed by atoms with Crippen LogP contribution in [-0.4, -0.2) is 21.9 Å². The third kappa shape index (κ3) is 5.44. The Hall–Kier alpha value is -0.860. The van der Waals surface area contributed by atoms with Crippen LogP contribution in [0.2, 0.25) is 0 Å². The van der Waals surface area contributed by atoms with Gasteiger partial charge in [-0.05, 0) is 100 Å². The van der Waals surface area contributed by atoms with E-state index in [1.807, 2.05) is 13.8 Å². The van der Waals surface area contributed by atoms with E-state index >= 15 is 0 Å². The minimum Gasteiger partial charge on any atom is -0.393 e. The van der Waals surface area contributed by atoms with E-state index in [4.69, 9.17) is 0 Å². The summed E-state index contributed by atoms with van der Waals surface area (Å²) in [5, 5.41) is 20.1. The van der Waals surface area contributed by atoms with Crippen LogP contribution in [0.15, 0.2) is 35.5 Å². The standard InChI is InChI=1S/C27H44O2/c1-19-10-13-23(28)18-22(19)12-11-21-9-7-17-27(5)24(14-15-25(21)27)20(2)8-6-16-26(3,4)29/h11-12,20,23-25,28-29H,1,6-10,13-18H2,2-5H3/b21-11+,22-12-/t20-,23+,24+,25+,27-/m1/s1. The Bertz CT molecular complexity index is 650. The Morgan fingerprint density at radius 2 is 1.97 bits per heavy atom. The van der Waals surface area contributed by atoms with Gasteiger partial charge in [0.25, 0.3) is 0 Å². The SMILES string of the molecule is C=C1CC[C@H](O)C/C1=C/C=C1\CCC[C@@]2(C)[C@H]1CC[C@H]2[C@H](C)CCCC(C)(C)O. The van der Waals surface area contributed by atoms with Gasteiger partial charge >= 0.3 is 0 Å². The van der Waals surface area contributed by atoms with Crippen LogP contribution in [0.25, 0.3) is 0 Å². The smallest absolute Gasteiger partial charge is 0.0591 e. The van der Waals surface area contributed by atoms with Gasteiger partial charge in [-0.1, -0.05) is 56.6 Å². The molecule has 0 aromatic heterocycles. The molecular formula is C27H44O2. The Balaban J connectivity index is 1.68. The van der Waals surface area contributed by atoms with E-state index in [-0.39, 0.29) is 6.10 Å². The maximum Gasteiger partial charge on any atom is 0.0591 e. The van der Waals surface area contributed by atoms with Crippen molar-refractivity contribution in [3.05, 3.63) is 35.5 Å². The van der Waals surface area contributed by atoms with Gasteiger partial charge in [-0.15, -0.1) is 0 Å². The summed E-state index contributed by atoms with van der Waals surface area (Å²) in [5.74, 6) is 2.26. The fourth-order valence-electron chi connectivity index (χ4n) is 6.67. The van der Waals surface area contributed by atoms with Crippen LogP contribution in [0.1, 0.15) is 98.3 Å². The lowest BCUT2D eigenvalue weighted by Gasteiger charge is -2.44. The highest BCUT2D eigenvalue weighted by atomic mass is 16.3. The molecule has 0 heterocycles. The maximum atomic E-state index is 10.0. The Morgan fingerprint density at radius 3 is 2.69 bits per heavy atom. The second-order valence-corrected chi connectivity index (χ2v) is 11.2. The molecule has 3 aliphatic rings. The van der Waals surface area contributed by atoms with Gasteiger partial charge in [0.1, 0.15) is 0 Å². The number of allylic oxidation sites excluding steroid dienone is 4. The van der Waals surface area contributed by atoms with Crippen LogP contribution < -0.4 is 0 Å². The average molecular weight is 401 g/mol. The molecule has 0 radical (unpaired) electrons. The molecule has 164 valence electrons. The van der Waals surface area contributed by atoms with Gasteiger partial charge < -0.3 is 10.2 Å². The summed E-state index contributed by atoms with van der Waals surface area (Å²) in [6.45, 7) is 13.1. The minimum absolute atomic E-state index is 0.192. The molecule has 3 rings (SSSR count). The van der Waals surface area contributed by atoms with Crippen molar-refractivity contribution in [2.45, 2.75) is 110 Å². The largest absolute Gasteiger partial charge is 0.393 e. The summed E-state index contributed by atoms with van der Waals surface area (Å²) >= 11 is 0. The third-order valence-electron chi connectivity index (χ3n) is 8.36. The second-order valence-electron chi connectivity index (χ2n) is 11.2. The van der Waals surface area contributed by atoms with Crippen molar-refractivity contribution in [3.8, 4) is 0 Å². The molecule has 29 heavy (non-hydrogen) atoms.